The van der Waals surface area contributed by atoms with Crippen LogP contribution in [0.25, 0.3) is 22.6 Å². The average Bonchev–Trinajstić information content (AvgIpc) is 3.57. The van der Waals surface area contributed by atoms with Crippen molar-refractivity contribution < 1.29 is 19.5 Å². The molecule has 2 amide bonds. The monoisotopic (exact) mass is 626 g/mol. The summed E-state index contributed by atoms with van der Waals surface area (Å²) in [5, 5.41) is 31.9. The number of carboxylic acid groups (broad SMARTS) is 1. The van der Waals surface area contributed by atoms with Gasteiger partial charge in [0.05, 0.1) is 35.4 Å². The highest BCUT2D eigenvalue weighted by Crippen LogP contribution is 2.23. The molecule has 0 spiro atoms. The van der Waals surface area contributed by atoms with Gasteiger partial charge in [0.1, 0.15) is 6.04 Å². The molecule has 0 unspecified atom stereocenters. The number of rotatable bonds is 12. The van der Waals surface area contributed by atoms with Gasteiger partial charge in [-0.05, 0) is 55.3 Å². The molecular weight excluding hydrogens is 596 g/mol. The van der Waals surface area contributed by atoms with Crippen LogP contribution in [0.4, 0.5) is 23.1 Å². The number of aromatic amines is 1. The molecule has 18 heteroatoms. The Morgan fingerprint density at radius 2 is 1.85 bits per heavy atom. The Morgan fingerprint density at radius 1 is 1.02 bits per heavy atom. The van der Waals surface area contributed by atoms with E-state index in [0.717, 1.165) is 5.56 Å². The molecule has 5 rings (SSSR count). The van der Waals surface area contributed by atoms with Gasteiger partial charge >= 0.3 is 5.97 Å². The SMILES string of the molecule is Cc1ccc(C(=O)NCCC[C@H](NC(=O)c2ccc(NCc3cnc4nc(N)nc(N)c4n3)c(N)c2)C(=O)O)c(-c2nn[nH]n2)c1. The first-order chi connectivity index (χ1) is 22.1. The Labute approximate surface area is 260 Å². The summed E-state index contributed by atoms with van der Waals surface area (Å²) in [6.07, 6.45) is 1.85. The number of tetrazole rings is 1. The third kappa shape index (κ3) is 7.18. The van der Waals surface area contributed by atoms with E-state index >= 15 is 0 Å². The van der Waals surface area contributed by atoms with E-state index in [1.54, 1.807) is 24.3 Å². The molecule has 3 heterocycles. The number of nitrogens with two attached hydrogens (primary N) is 3. The number of carbonyl (C=O) groups excluding carboxylic acids is 2. The smallest absolute Gasteiger partial charge is 0.326 e. The van der Waals surface area contributed by atoms with Gasteiger partial charge in [-0.1, -0.05) is 11.6 Å². The first kappa shape index (κ1) is 31.0. The Bertz CT molecular complexity index is 1910. The molecule has 0 radical (unpaired) electrons. The molecule has 0 bridgehead atoms. The van der Waals surface area contributed by atoms with Gasteiger partial charge in [-0.15, -0.1) is 10.2 Å². The van der Waals surface area contributed by atoms with Crippen molar-refractivity contribution in [3.63, 3.8) is 0 Å². The van der Waals surface area contributed by atoms with E-state index in [0.29, 0.717) is 28.0 Å². The van der Waals surface area contributed by atoms with Crippen LogP contribution in [0.3, 0.4) is 0 Å². The van der Waals surface area contributed by atoms with Crippen molar-refractivity contribution in [1.82, 2.24) is 51.2 Å². The van der Waals surface area contributed by atoms with Gasteiger partial charge in [0, 0.05) is 17.7 Å². The van der Waals surface area contributed by atoms with Gasteiger partial charge in [-0.25, -0.2) is 14.8 Å². The van der Waals surface area contributed by atoms with Crippen molar-refractivity contribution in [2.24, 2.45) is 0 Å². The standard InChI is InChI=1S/C28H30N14O4/c1-13-4-6-16(17(9-13)23-39-41-42-40-23)26(44)32-8-2-3-20(27(45)46)36-25(43)14-5-7-19(18(29)10-14)33-11-15-12-34-24-21(35-15)22(30)37-28(31)38-24/h4-7,9-10,12,20,33H,2-3,8,11,29H2,1H3,(H,32,44)(H,36,43)(H,45,46)(H,39,40,41,42)(H4,30,31,34,37,38)/t20-/m0/s1. The number of aliphatic carboxylic acids is 1. The van der Waals surface area contributed by atoms with Crippen molar-refractivity contribution in [3.05, 3.63) is 65.0 Å². The molecule has 236 valence electrons. The molecule has 5 aromatic rings. The van der Waals surface area contributed by atoms with E-state index in [9.17, 15) is 19.5 Å². The molecule has 18 nitrogen and oxygen atoms in total. The Morgan fingerprint density at radius 3 is 2.59 bits per heavy atom. The number of H-pyrrole nitrogens is 1. The molecule has 11 N–H and O–H groups in total. The first-order valence-corrected chi connectivity index (χ1v) is 13.9. The Balaban J connectivity index is 1.14. The van der Waals surface area contributed by atoms with Gasteiger partial charge < -0.3 is 38.3 Å². The van der Waals surface area contributed by atoms with Crippen LogP contribution in [0.5, 0.6) is 0 Å². The van der Waals surface area contributed by atoms with E-state index in [4.69, 9.17) is 17.2 Å². The third-order valence-corrected chi connectivity index (χ3v) is 6.84. The van der Waals surface area contributed by atoms with Crippen molar-refractivity contribution >= 4 is 52.1 Å². The van der Waals surface area contributed by atoms with Crippen molar-refractivity contribution in [2.75, 3.05) is 29.1 Å². The average molecular weight is 627 g/mol. The highest BCUT2D eigenvalue weighted by atomic mass is 16.4. The maximum Gasteiger partial charge on any atom is 0.326 e. The predicted molar refractivity (Wildman–Crippen MR) is 167 cm³/mol. The van der Waals surface area contributed by atoms with Crippen molar-refractivity contribution in [3.8, 4) is 11.4 Å². The molecule has 0 saturated carbocycles. The van der Waals surface area contributed by atoms with Crippen molar-refractivity contribution in [1.29, 1.82) is 0 Å². The topological polar surface area (TPSA) is 292 Å². The number of anilines is 4. The third-order valence-electron chi connectivity index (χ3n) is 6.84. The van der Waals surface area contributed by atoms with Crippen LogP contribution in [0.15, 0.2) is 42.6 Å². The molecule has 0 saturated heterocycles. The van der Waals surface area contributed by atoms with E-state index in [2.05, 4.69) is 56.5 Å². The summed E-state index contributed by atoms with van der Waals surface area (Å²) in [7, 11) is 0. The van der Waals surface area contributed by atoms with Crippen LogP contribution in [0, 0.1) is 6.92 Å². The Hall–Kier alpha value is -6.46. The second kappa shape index (κ2) is 13.5. The highest BCUT2D eigenvalue weighted by molar-refractivity contribution is 6.00. The molecule has 1 atom stereocenters. The van der Waals surface area contributed by atoms with Crippen LogP contribution >= 0.6 is 0 Å². The molecule has 0 aliphatic rings. The second-order valence-corrected chi connectivity index (χ2v) is 10.2. The molecule has 0 fully saturated rings. The zero-order chi connectivity index (χ0) is 32.8. The molecule has 3 aromatic heterocycles. The molecule has 0 aliphatic heterocycles. The van der Waals surface area contributed by atoms with Gasteiger partial charge in [0.15, 0.2) is 17.0 Å². The summed E-state index contributed by atoms with van der Waals surface area (Å²) in [6, 6.07) is 8.55. The predicted octanol–water partition coefficient (Wildman–Crippen LogP) is 0.660. The fraction of sp³-hybridized carbons (Fsp3) is 0.214. The number of hydrogen-bond acceptors (Lipinski definition) is 14. The number of carboxylic acids is 1. The Kier molecular flexibility index (Phi) is 9.06. The van der Waals surface area contributed by atoms with Gasteiger partial charge in [0.2, 0.25) is 11.8 Å². The number of carbonyl (C=O) groups is 3. The highest BCUT2D eigenvalue weighted by Gasteiger charge is 2.22. The lowest BCUT2D eigenvalue weighted by molar-refractivity contribution is -0.139. The van der Waals surface area contributed by atoms with E-state index in [1.165, 1.54) is 18.3 Å². The van der Waals surface area contributed by atoms with Crippen LogP contribution in [0.2, 0.25) is 0 Å². The number of nitrogens with zero attached hydrogens (tertiary/aromatic N) is 7. The lowest BCUT2D eigenvalue weighted by Crippen LogP contribution is -2.41. The number of aromatic nitrogens is 8. The lowest BCUT2D eigenvalue weighted by Gasteiger charge is -2.16. The fourth-order valence-electron chi connectivity index (χ4n) is 4.54. The molecular formula is C28H30N14O4. The first-order valence-electron chi connectivity index (χ1n) is 13.9. The number of fused-ring (bicyclic) bond motifs is 1. The summed E-state index contributed by atoms with van der Waals surface area (Å²) >= 11 is 0. The van der Waals surface area contributed by atoms with Crippen LogP contribution in [-0.2, 0) is 11.3 Å². The summed E-state index contributed by atoms with van der Waals surface area (Å²) in [4.78, 5) is 54.1. The molecule has 46 heavy (non-hydrogen) atoms. The minimum atomic E-state index is -1.21. The summed E-state index contributed by atoms with van der Waals surface area (Å²) in [5.74, 6) is -1.83. The zero-order valence-corrected chi connectivity index (χ0v) is 24.5. The van der Waals surface area contributed by atoms with Crippen LogP contribution in [0.1, 0.15) is 44.8 Å². The van der Waals surface area contributed by atoms with E-state index in [-0.39, 0.29) is 66.3 Å². The number of nitrogen functional groups attached to an aromatic ring is 3. The number of hydrogen-bond donors (Lipinski definition) is 8. The van der Waals surface area contributed by atoms with Crippen molar-refractivity contribution in [2.45, 2.75) is 32.4 Å². The summed E-state index contributed by atoms with van der Waals surface area (Å²) < 4.78 is 0. The van der Waals surface area contributed by atoms with Gasteiger partial charge in [-0.2, -0.15) is 15.2 Å². The quantitative estimate of drug-likeness (QED) is 0.0697. The largest absolute Gasteiger partial charge is 0.480 e. The summed E-state index contributed by atoms with van der Waals surface area (Å²) in [5.41, 5.74) is 21.4. The maximum absolute atomic E-state index is 12.9. The van der Waals surface area contributed by atoms with Crippen LogP contribution < -0.4 is 33.2 Å². The molecule has 2 aromatic carbocycles. The minimum absolute atomic E-state index is 0.00358. The fourth-order valence-corrected chi connectivity index (χ4v) is 4.54. The van der Waals surface area contributed by atoms with E-state index < -0.39 is 17.9 Å². The van der Waals surface area contributed by atoms with E-state index in [1.807, 2.05) is 6.92 Å². The zero-order valence-electron chi connectivity index (χ0n) is 24.5. The van der Waals surface area contributed by atoms with Gasteiger partial charge in [0.25, 0.3) is 11.8 Å². The lowest BCUT2D eigenvalue weighted by atomic mass is 10.0. The second-order valence-electron chi connectivity index (χ2n) is 10.2. The molecule has 0 aliphatic carbocycles. The number of amides is 2. The van der Waals surface area contributed by atoms with Crippen LogP contribution in [-0.4, -0.2) is 76.0 Å². The number of nitrogens with one attached hydrogen (secondary N) is 4. The maximum atomic E-state index is 12.9. The summed E-state index contributed by atoms with van der Waals surface area (Å²) in [6.45, 7) is 2.27. The number of benzene rings is 2. The minimum Gasteiger partial charge on any atom is -0.480 e. The normalized spacial score (nSPS) is 11.6. The van der Waals surface area contributed by atoms with Gasteiger partial charge in [-0.3, -0.25) is 9.59 Å². The number of aryl methyl sites for hydroxylation is 1.